The van der Waals surface area contributed by atoms with Gasteiger partial charge in [0.25, 0.3) is 5.91 Å². The minimum atomic E-state index is -0.581. The first-order valence-electron chi connectivity index (χ1n) is 8.70. The van der Waals surface area contributed by atoms with Crippen molar-refractivity contribution < 1.29 is 14.3 Å². The summed E-state index contributed by atoms with van der Waals surface area (Å²) < 4.78 is 5.91. The van der Waals surface area contributed by atoms with Gasteiger partial charge in [-0.05, 0) is 59.6 Å². The third-order valence-corrected chi connectivity index (χ3v) is 4.76. The largest absolute Gasteiger partial charge is 0.452 e. The molecular weight excluding hydrogens is 420 g/mol. The Morgan fingerprint density at radius 2 is 1.79 bits per heavy atom. The van der Waals surface area contributed by atoms with Gasteiger partial charge < -0.3 is 10.1 Å². The second-order valence-electron chi connectivity index (χ2n) is 6.30. The molecule has 28 heavy (non-hydrogen) atoms. The van der Waals surface area contributed by atoms with Gasteiger partial charge in [0, 0.05) is 10.0 Å². The first-order valence-corrected chi connectivity index (χ1v) is 9.49. The maximum Gasteiger partial charge on any atom is 0.340 e. The summed E-state index contributed by atoms with van der Waals surface area (Å²) >= 11 is 3.40. The Balaban J connectivity index is 1.62. The van der Waals surface area contributed by atoms with Crippen LogP contribution in [0.3, 0.4) is 0 Å². The van der Waals surface area contributed by atoms with Crippen LogP contribution in [0.2, 0.25) is 0 Å². The van der Waals surface area contributed by atoms with Crippen molar-refractivity contribution in [1.29, 1.82) is 0 Å². The van der Waals surface area contributed by atoms with Gasteiger partial charge in [-0.1, -0.05) is 36.4 Å². The van der Waals surface area contributed by atoms with E-state index >= 15 is 0 Å². The van der Waals surface area contributed by atoms with Crippen LogP contribution < -0.4 is 5.32 Å². The van der Waals surface area contributed by atoms with E-state index < -0.39 is 11.9 Å². The summed E-state index contributed by atoms with van der Waals surface area (Å²) in [5, 5.41) is 2.71. The molecule has 1 amide bonds. The first-order chi connectivity index (χ1) is 13.4. The summed E-state index contributed by atoms with van der Waals surface area (Å²) in [5.74, 6) is -0.993. The normalized spacial score (nSPS) is 10.4. The standard InChI is InChI=1S/C22H19BrN2O3/c1-14-8-10-20(18(23)12-14)25-21(26)13-28-22(27)17-9-11-19(24-15(17)2)16-6-4-3-5-7-16/h3-12H,13H2,1-2H3,(H,25,26). The topological polar surface area (TPSA) is 68.3 Å². The SMILES string of the molecule is Cc1ccc(NC(=O)COC(=O)c2ccc(-c3ccccc3)nc2C)c(Br)c1. The number of amides is 1. The van der Waals surface area contributed by atoms with Gasteiger partial charge in [0.05, 0.1) is 22.6 Å². The van der Waals surface area contributed by atoms with E-state index in [0.717, 1.165) is 21.3 Å². The lowest BCUT2D eigenvalue weighted by atomic mass is 10.1. The van der Waals surface area contributed by atoms with Crippen molar-refractivity contribution in [3.63, 3.8) is 0 Å². The van der Waals surface area contributed by atoms with Crippen LogP contribution >= 0.6 is 15.9 Å². The zero-order chi connectivity index (χ0) is 20.1. The van der Waals surface area contributed by atoms with Crippen LogP contribution in [0.5, 0.6) is 0 Å². The highest BCUT2D eigenvalue weighted by Crippen LogP contribution is 2.23. The molecule has 0 unspecified atom stereocenters. The number of carbonyl (C=O) groups is 2. The Labute approximate surface area is 171 Å². The fourth-order valence-electron chi connectivity index (χ4n) is 2.66. The molecule has 0 aliphatic carbocycles. The van der Waals surface area contributed by atoms with Crippen LogP contribution in [0, 0.1) is 13.8 Å². The Morgan fingerprint density at radius 3 is 2.46 bits per heavy atom. The zero-order valence-electron chi connectivity index (χ0n) is 15.5. The molecule has 3 rings (SSSR count). The van der Waals surface area contributed by atoms with Crippen LogP contribution in [-0.2, 0) is 9.53 Å². The van der Waals surface area contributed by atoms with E-state index in [1.165, 1.54) is 0 Å². The molecule has 0 fully saturated rings. The lowest BCUT2D eigenvalue weighted by Gasteiger charge is -2.10. The quantitative estimate of drug-likeness (QED) is 0.573. The van der Waals surface area contributed by atoms with Crippen molar-refractivity contribution >= 4 is 33.5 Å². The highest BCUT2D eigenvalue weighted by atomic mass is 79.9. The van der Waals surface area contributed by atoms with E-state index in [1.807, 2.05) is 49.4 Å². The molecule has 1 N–H and O–H groups in total. The number of benzene rings is 2. The van der Waals surface area contributed by atoms with Crippen molar-refractivity contribution in [2.75, 3.05) is 11.9 Å². The lowest BCUT2D eigenvalue weighted by molar-refractivity contribution is -0.119. The Bertz CT molecular complexity index is 1020. The average molecular weight is 439 g/mol. The van der Waals surface area contributed by atoms with Crippen LogP contribution in [0.15, 0.2) is 65.1 Å². The molecule has 2 aromatic carbocycles. The van der Waals surface area contributed by atoms with Crippen LogP contribution in [0.4, 0.5) is 5.69 Å². The van der Waals surface area contributed by atoms with Crippen LogP contribution in [-0.4, -0.2) is 23.5 Å². The summed E-state index contributed by atoms with van der Waals surface area (Å²) in [6.45, 7) is 3.32. The number of nitrogens with zero attached hydrogens (tertiary/aromatic N) is 1. The summed E-state index contributed by atoms with van der Waals surface area (Å²) in [7, 11) is 0. The minimum absolute atomic E-state index is 0.337. The maximum absolute atomic E-state index is 12.3. The third-order valence-electron chi connectivity index (χ3n) is 4.11. The number of nitrogens with one attached hydrogen (secondary N) is 1. The second-order valence-corrected chi connectivity index (χ2v) is 7.16. The first kappa shape index (κ1) is 19.8. The maximum atomic E-state index is 12.3. The summed E-state index contributed by atoms with van der Waals surface area (Å²) in [6, 6.07) is 18.7. The fraction of sp³-hybridized carbons (Fsp3) is 0.136. The molecule has 0 aliphatic heterocycles. The molecule has 0 saturated heterocycles. The number of halogens is 1. The van der Waals surface area contributed by atoms with Gasteiger partial charge in [0.15, 0.2) is 6.61 Å². The Hall–Kier alpha value is -2.99. The number of aryl methyl sites for hydroxylation is 2. The van der Waals surface area contributed by atoms with Crippen LogP contribution in [0.25, 0.3) is 11.3 Å². The number of anilines is 1. The Morgan fingerprint density at radius 1 is 1.04 bits per heavy atom. The average Bonchev–Trinajstić information content (AvgIpc) is 2.69. The molecule has 0 bridgehead atoms. The number of ether oxygens (including phenoxy) is 1. The van der Waals surface area contributed by atoms with Gasteiger partial charge in [-0.15, -0.1) is 0 Å². The van der Waals surface area contributed by atoms with Crippen molar-refractivity contribution in [2.24, 2.45) is 0 Å². The molecule has 1 heterocycles. The smallest absolute Gasteiger partial charge is 0.340 e. The van der Waals surface area contributed by atoms with Gasteiger partial charge in [0.1, 0.15) is 0 Å². The number of aromatic nitrogens is 1. The number of hydrogen-bond donors (Lipinski definition) is 1. The highest BCUT2D eigenvalue weighted by molar-refractivity contribution is 9.10. The predicted molar refractivity (Wildman–Crippen MR) is 112 cm³/mol. The monoisotopic (exact) mass is 438 g/mol. The highest BCUT2D eigenvalue weighted by Gasteiger charge is 2.15. The number of carbonyl (C=O) groups excluding carboxylic acids is 2. The van der Waals surface area contributed by atoms with Gasteiger partial charge >= 0.3 is 5.97 Å². The molecule has 142 valence electrons. The second kappa shape index (κ2) is 8.80. The van der Waals surface area contributed by atoms with E-state index in [-0.39, 0.29) is 6.61 Å². The number of pyridine rings is 1. The lowest BCUT2D eigenvalue weighted by Crippen LogP contribution is -2.21. The molecule has 5 nitrogen and oxygen atoms in total. The summed E-state index contributed by atoms with van der Waals surface area (Å²) in [5.41, 5.74) is 4.32. The third kappa shape index (κ3) is 4.84. The van der Waals surface area contributed by atoms with Crippen molar-refractivity contribution in [2.45, 2.75) is 13.8 Å². The van der Waals surface area contributed by atoms with Gasteiger partial charge in [-0.3, -0.25) is 9.78 Å². The minimum Gasteiger partial charge on any atom is -0.452 e. The molecular formula is C22H19BrN2O3. The van der Waals surface area contributed by atoms with E-state index in [0.29, 0.717) is 16.9 Å². The van der Waals surface area contributed by atoms with Crippen molar-refractivity contribution in [3.8, 4) is 11.3 Å². The molecule has 0 atom stereocenters. The molecule has 0 aliphatic rings. The van der Waals surface area contributed by atoms with E-state index in [2.05, 4.69) is 26.2 Å². The summed E-state index contributed by atoms with van der Waals surface area (Å²) in [6.07, 6.45) is 0. The molecule has 0 saturated carbocycles. The van der Waals surface area contributed by atoms with E-state index in [4.69, 9.17) is 4.74 Å². The fourth-order valence-corrected chi connectivity index (χ4v) is 3.26. The van der Waals surface area contributed by atoms with Gasteiger partial charge in [-0.2, -0.15) is 0 Å². The molecule has 6 heteroatoms. The number of hydrogen-bond acceptors (Lipinski definition) is 4. The number of esters is 1. The van der Waals surface area contributed by atoms with Gasteiger partial charge in [-0.25, -0.2) is 4.79 Å². The van der Waals surface area contributed by atoms with Gasteiger partial charge in [0.2, 0.25) is 0 Å². The zero-order valence-corrected chi connectivity index (χ0v) is 17.1. The molecule has 0 spiro atoms. The summed E-state index contributed by atoms with van der Waals surface area (Å²) in [4.78, 5) is 28.9. The number of rotatable bonds is 5. The van der Waals surface area contributed by atoms with Crippen LogP contribution in [0.1, 0.15) is 21.6 Å². The molecule has 0 radical (unpaired) electrons. The van der Waals surface area contributed by atoms with E-state index in [9.17, 15) is 9.59 Å². The Kier molecular flexibility index (Phi) is 6.21. The van der Waals surface area contributed by atoms with Crippen molar-refractivity contribution in [3.05, 3.63) is 82.0 Å². The predicted octanol–water partition coefficient (Wildman–Crippen LogP) is 4.92. The van der Waals surface area contributed by atoms with E-state index in [1.54, 1.807) is 25.1 Å². The van der Waals surface area contributed by atoms with Crippen molar-refractivity contribution in [1.82, 2.24) is 4.98 Å². The molecule has 1 aromatic heterocycles. The molecule has 3 aromatic rings.